The lowest BCUT2D eigenvalue weighted by molar-refractivity contribution is -0.154. The van der Waals surface area contributed by atoms with E-state index in [-0.39, 0.29) is 29.6 Å². The molecule has 2 bridgehead atoms. The van der Waals surface area contributed by atoms with Crippen molar-refractivity contribution >= 4 is 46.8 Å². The number of nitrogens with zero attached hydrogens (tertiary/aromatic N) is 2. The Bertz CT molecular complexity index is 1080. The monoisotopic (exact) mass is 588 g/mol. The first-order valence-corrected chi connectivity index (χ1v) is 15.7. The highest BCUT2D eigenvalue weighted by atomic mass is 35.5. The Morgan fingerprint density at radius 1 is 1.12 bits per heavy atom. The first kappa shape index (κ1) is 30.7. The summed E-state index contributed by atoms with van der Waals surface area (Å²) < 4.78 is 5.03. The number of unbranched alkanes of at least 4 members (excludes halogenated alkanes) is 5. The van der Waals surface area contributed by atoms with E-state index in [1.807, 2.05) is 6.08 Å². The van der Waals surface area contributed by atoms with Gasteiger partial charge in [0.1, 0.15) is 6.04 Å². The fraction of sp³-hybridized carbons (Fsp3) is 0.581. The van der Waals surface area contributed by atoms with Crippen molar-refractivity contribution in [2.75, 3.05) is 31.2 Å². The molecule has 3 aliphatic rings. The van der Waals surface area contributed by atoms with Crippen LogP contribution in [-0.4, -0.2) is 70.1 Å². The van der Waals surface area contributed by atoms with Gasteiger partial charge >= 0.3 is 5.97 Å². The molecule has 3 aliphatic heterocycles. The molecule has 0 radical (unpaired) electrons. The summed E-state index contributed by atoms with van der Waals surface area (Å²) >= 11 is 7.78. The van der Waals surface area contributed by atoms with Crippen LogP contribution in [0.3, 0.4) is 0 Å². The van der Waals surface area contributed by atoms with E-state index in [2.05, 4.69) is 13.2 Å². The smallest absolute Gasteiger partial charge is 0.310 e. The average molecular weight is 589 g/mol. The molecule has 2 amide bonds. The lowest BCUT2D eigenvalue weighted by Crippen LogP contribution is -2.55. The molecule has 1 aromatic carbocycles. The van der Waals surface area contributed by atoms with E-state index in [1.54, 1.807) is 51.9 Å². The fourth-order valence-corrected chi connectivity index (χ4v) is 8.90. The number of halogens is 1. The lowest BCUT2D eigenvalue weighted by Gasteiger charge is -2.37. The number of ether oxygens (including phenoxy) is 1. The number of amides is 2. The number of thioether (sulfide) groups is 1. The van der Waals surface area contributed by atoms with Crippen LogP contribution >= 0.6 is 23.4 Å². The molecule has 1 spiro atoms. The molecular weight excluding hydrogens is 548 g/mol. The molecule has 3 fully saturated rings. The van der Waals surface area contributed by atoms with Crippen molar-refractivity contribution in [2.45, 2.75) is 73.8 Å². The minimum absolute atomic E-state index is 0.0278. The van der Waals surface area contributed by atoms with Gasteiger partial charge in [-0.15, -0.1) is 24.9 Å². The van der Waals surface area contributed by atoms with Gasteiger partial charge in [-0.2, -0.15) is 0 Å². The number of allylic oxidation sites excluding steroid dienone is 1. The zero-order chi connectivity index (χ0) is 28.7. The maximum atomic E-state index is 14.5. The van der Waals surface area contributed by atoms with Crippen molar-refractivity contribution in [3.05, 3.63) is 54.6 Å². The third-order valence-electron chi connectivity index (χ3n) is 8.38. The first-order valence-electron chi connectivity index (χ1n) is 14.4. The predicted molar refractivity (Wildman–Crippen MR) is 160 cm³/mol. The van der Waals surface area contributed by atoms with E-state index < -0.39 is 22.6 Å². The highest BCUT2D eigenvalue weighted by molar-refractivity contribution is 8.02. The number of fused-ring (bicyclic) bond motifs is 1. The van der Waals surface area contributed by atoms with Crippen LogP contribution < -0.4 is 4.90 Å². The van der Waals surface area contributed by atoms with Gasteiger partial charge in [0.05, 0.1) is 23.2 Å². The van der Waals surface area contributed by atoms with Crippen molar-refractivity contribution in [3.63, 3.8) is 0 Å². The van der Waals surface area contributed by atoms with Crippen LogP contribution in [0.4, 0.5) is 5.69 Å². The van der Waals surface area contributed by atoms with E-state index in [1.165, 1.54) is 0 Å². The quantitative estimate of drug-likeness (QED) is 0.158. The number of likely N-dealkylation sites (tertiary alicyclic amines) is 1. The molecular formula is C31H41ClN2O5S. The van der Waals surface area contributed by atoms with Crippen LogP contribution in [0.15, 0.2) is 49.6 Å². The van der Waals surface area contributed by atoms with Crippen molar-refractivity contribution < 1.29 is 24.2 Å². The van der Waals surface area contributed by atoms with Gasteiger partial charge in [-0.3, -0.25) is 14.4 Å². The Balaban J connectivity index is 1.62. The van der Waals surface area contributed by atoms with Crippen LogP contribution in [0.25, 0.3) is 0 Å². The summed E-state index contributed by atoms with van der Waals surface area (Å²) in [5.41, 5.74) is 0.692. The Morgan fingerprint density at radius 2 is 1.88 bits per heavy atom. The number of esters is 1. The maximum absolute atomic E-state index is 14.5. The molecule has 5 atom stereocenters. The number of aliphatic hydroxyl groups is 1. The molecule has 9 heteroatoms. The van der Waals surface area contributed by atoms with Crippen LogP contribution in [0, 0.1) is 11.8 Å². The highest BCUT2D eigenvalue weighted by Gasteiger charge is 2.74. The minimum Gasteiger partial charge on any atom is -0.465 e. The van der Waals surface area contributed by atoms with Gasteiger partial charge in [-0.1, -0.05) is 36.6 Å². The first-order chi connectivity index (χ1) is 19.4. The second-order valence-electron chi connectivity index (χ2n) is 10.9. The molecule has 7 nitrogen and oxygen atoms in total. The topological polar surface area (TPSA) is 87.2 Å². The summed E-state index contributed by atoms with van der Waals surface area (Å²) in [7, 11) is 0. The maximum Gasteiger partial charge on any atom is 0.310 e. The SMILES string of the molecule is C=CCCCCOC(=O)[C@@H]1[C@@H]2CCC3(S2)C(C(=O)N(CC=C)c2ccc(Cl)cc2)N(CCCCCCO)C(=O)[C@H]13. The normalized spacial score (nSPS) is 26.6. The summed E-state index contributed by atoms with van der Waals surface area (Å²) in [4.78, 5) is 45.4. The third-order valence-corrected chi connectivity index (χ3v) is 10.6. The largest absolute Gasteiger partial charge is 0.465 e. The van der Waals surface area contributed by atoms with E-state index in [0.29, 0.717) is 43.2 Å². The van der Waals surface area contributed by atoms with Gasteiger partial charge in [0.2, 0.25) is 5.91 Å². The number of anilines is 1. The second kappa shape index (κ2) is 14.1. The van der Waals surface area contributed by atoms with Gasteiger partial charge in [-0.25, -0.2) is 0 Å². The number of rotatable bonds is 16. The molecule has 3 heterocycles. The molecule has 3 saturated heterocycles. The Kier molecular flexibility index (Phi) is 10.8. The summed E-state index contributed by atoms with van der Waals surface area (Å²) in [5, 5.41) is 9.70. The van der Waals surface area contributed by atoms with Gasteiger partial charge in [0, 0.05) is 35.7 Å². The van der Waals surface area contributed by atoms with Crippen LogP contribution in [0.2, 0.25) is 5.02 Å². The third kappa shape index (κ3) is 6.14. The van der Waals surface area contributed by atoms with E-state index in [4.69, 9.17) is 21.4 Å². The van der Waals surface area contributed by atoms with Gasteiger partial charge in [-0.05, 0) is 69.2 Å². The second-order valence-corrected chi connectivity index (χ2v) is 12.9. The molecule has 0 saturated carbocycles. The van der Waals surface area contributed by atoms with Gasteiger partial charge < -0.3 is 19.6 Å². The van der Waals surface area contributed by atoms with Crippen LogP contribution in [0.5, 0.6) is 0 Å². The van der Waals surface area contributed by atoms with Crippen molar-refractivity contribution in [1.82, 2.24) is 4.90 Å². The minimum atomic E-state index is -0.682. The zero-order valence-electron chi connectivity index (χ0n) is 23.1. The van der Waals surface area contributed by atoms with Crippen molar-refractivity contribution in [3.8, 4) is 0 Å². The average Bonchev–Trinajstić information content (AvgIpc) is 3.59. The number of benzene rings is 1. The van der Waals surface area contributed by atoms with Gasteiger partial charge in [0.25, 0.3) is 5.91 Å². The molecule has 218 valence electrons. The highest BCUT2D eigenvalue weighted by Crippen LogP contribution is 2.66. The lowest BCUT2D eigenvalue weighted by atomic mass is 9.71. The summed E-state index contributed by atoms with van der Waals surface area (Å²) in [6.45, 7) is 8.80. The summed E-state index contributed by atoms with van der Waals surface area (Å²) in [6, 6.07) is 6.43. The molecule has 4 rings (SSSR count). The predicted octanol–water partition coefficient (Wildman–Crippen LogP) is 5.40. The van der Waals surface area contributed by atoms with E-state index in [9.17, 15) is 14.4 Å². The van der Waals surface area contributed by atoms with Crippen molar-refractivity contribution in [1.29, 1.82) is 0 Å². The number of carbonyl (C=O) groups is 3. The molecule has 0 aromatic heterocycles. The Morgan fingerprint density at radius 3 is 2.58 bits per heavy atom. The van der Waals surface area contributed by atoms with E-state index in [0.717, 1.165) is 44.9 Å². The zero-order valence-corrected chi connectivity index (χ0v) is 24.7. The molecule has 1 aromatic rings. The van der Waals surface area contributed by atoms with Gasteiger partial charge in [0.15, 0.2) is 0 Å². The molecule has 40 heavy (non-hydrogen) atoms. The van der Waals surface area contributed by atoms with Crippen LogP contribution in [0.1, 0.15) is 57.8 Å². The number of hydrogen-bond donors (Lipinski definition) is 1. The molecule has 2 unspecified atom stereocenters. The standard InChI is InChI=1S/C31H41ClN2O5S/c1-3-5-6-11-21-39-30(38)25-24-16-17-31(40-24)26(25)28(36)34(19-9-7-8-10-20-35)27(31)29(37)33(18-4-2)23-14-12-22(32)13-15-23/h3-4,12-15,24-27,35H,1-2,5-11,16-21H2/t24-,25+,26-,27?,31?/m0/s1. The van der Waals surface area contributed by atoms with E-state index >= 15 is 0 Å². The number of aliphatic hydroxyl groups excluding tert-OH is 1. The van der Waals surface area contributed by atoms with Crippen LogP contribution in [-0.2, 0) is 19.1 Å². The van der Waals surface area contributed by atoms with Crippen molar-refractivity contribution in [2.24, 2.45) is 11.8 Å². The fourth-order valence-electron chi connectivity index (χ4n) is 6.57. The number of hydrogen-bond acceptors (Lipinski definition) is 6. The molecule has 1 N–H and O–H groups in total. The Hall–Kier alpha value is -2.29. The Labute approximate surface area is 246 Å². The summed E-state index contributed by atoms with van der Waals surface area (Å²) in [6.07, 6.45) is 10.7. The molecule has 0 aliphatic carbocycles. The number of carbonyl (C=O) groups excluding carboxylic acids is 3. The summed E-state index contributed by atoms with van der Waals surface area (Å²) in [5.74, 6) is -1.69.